The first-order valence-electron chi connectivity index (χ1n) is 8.29. The standard InChI is InChI=1S/C17H23F3N6.HI/c1-5-21-16(22-10-15-25-24-12(3)26(15)4)23-11(2)13-7-6-8-14(9-13)17(18,19)20;/h6-9,11H,5,10H2,1-4H3,(H2,21,22,23);1H. The van der Waals surface area contributed by atoms with Crippen molar-refractivity contribution in [1.82, 2.24) is 25.4 Å². The van der Waals surface area contributed by atoms with Crippen LogP contribution in [0.5, 0.6) is 0 Å². The maximum atomic E-state index is 12.9. The summed E-state index contributed by atoms with van der Waals surface area (Å²) in [6, 6.07) is 4.92. The minimum atomic E-state index is -4.36. The Kier molecular flexibility index (Phi) is 8.51. The SMILES string of the molecule is CCNC(=NCc1nnc(C)n1C)NC(C)c1cccc(C(F)(F)F)c1.I. The van der Waals surface area contributed by atoms with E-state index in [0.29, 0.717) is 30.4 Å². The molecule has 0 saturated carbocycles. The van der Waals surface area contributed by atoms with Crippen LogP contribution in [0.4, 0.5) is 13.2 Å². The highest BCUT2D eigenvalue weighted by molar-refractivity contribution is 14.0. The minimum absolute atomic E-state index is 0. The van der Waals surface area contributed by atoms with Crippen molar-refractivity contribution in [3.8, 4) is 0 Å². The van der Waals surface area contributed by atoms with Crippen molar-refractivity contribution in [2.24, 2.45) is 12.0 Å². The van der Waals surface area contributed by atoms with Gasteiger partial charge in [-0.05, 0) is 38.5 Å². The Morgan fingerprint density at radius 3 is 2.56 bits per heavy atom. The lowest BCUT2D eigenvalue weighted by Gasteiger charge is -2.19. The predicted octanol–water partition coefficient (Wildman–Crippen LogP) is 3.58. The second-order valence-corrected chi connectivity index (χ2v) is 5.91. The van der Waals surface area contributed by atoms with Crippen LogP contribution in [0, 0.1) is 6.92 Å². The molecule has 1 aromatic carbocycles. The number of rotatable bonds is 5. The number of hydrogen-bond donors (Lipinski definition) is 2. The van der Waals surface area contributed by atoms with Gasteiger partial charge in [0.05, 0.1) is 11.6 Å². The van der Waals surface area contributed by atoms with Crippen molar-refractivity contribution in [3.05, 3.63) is 47.0 Å². The molecule has 1 heterocycles. The topological polar surface area (TPSA) is 67.1 Å². The van der Waals surface area contributed by atoms with Crippen molar-refractivity contribution in [3.63, 3.8) is 0 Å². The molecule has 0 spiro atoms. The Hall–Kier alpha value is -1.85. The first-order valence-corrected chi connectivity index (χ1v) is 8.29. The Labute approximate surface area is 173 Å². The van der Waals surface area contributed by atoms with Crippen LogP contribution in [-0.2, 0) is 19.8 Å². The van der Waals surface area contributed by atoms with Crippen LogP contribution in [0.15, 0.2) is 29.3 Å². The molecule has 2 rings (SSSR count). The summed E-state index contributed by atoms with van der Waals surface area (Å²) in [5, 5.41) is 14.2. The van der Waals surface area contributed by atoms with E-state index in [-0.39, 0.29) is 30.0 Å². The number of aliphatic imine (C=N–C) groups is 1. The number of hydrogen-bond acceptors (Lipinski definition) is 3. The number of alkyl halides is 3. The summed E-state index contributed by atoms with van der Waals surface area (Å²) in [5.41, 5.74) is -0.139. The number of guanidine groups is 1. The van der Waals surface area contributed by atoms with Crippen molar-refractivity contribution >= 4 is 29.9 Å². The second-order valence-electron chi connectivity index (χ2n) is 5.91. The molecule has 6 nitrogen and oxygen atoms in total. The van der Waals surface area contributed by atoms with Crippen LogP contribution in [0.2, 0.25) is 0 Å². The van der Waals surface area contributed by atoms with Gasteiger partial charge in [-0.25, -0.2) is 4.99 Å². The van der Waals surface area contributed by atoms with Gasteiger partial charge in [-0.1, -0.05) is 12.1 Å². The highest BCUT2D eigenvalue weighted by Crippen LogP contribution is 2.30. The van der Waals surface area contributed by atoms with Crippen LogP contribution >= 0.6 is 24.0 Å². The molecule has 1 aromatic heterocycles. The van der Waals surface area contributed by atoms with Gasteiger partial charge in [-0.3, -0.25) is 0 Å². The van der Waals surface area contributed by atoms with Gasteiger partial charge in [-0.2, -0.15) is 13.2 Å². The third-order valence-electron chi connectivity index (χ3n) is 3.97. The number of nitrogens with one attached hydrogen (secondary N) is 2. The second kappa shape index (κ2) is 9.90. The van der Waals surface area contributed by atoms with E-state index in [1.165, 1.54) is 6.07 Å². The molecule has 2 aromatic rings. The van der Waals surface area contributed by atoms with Crippen LogP contribution in [0.1, 0.15) is 42.7 Å². The van der Waals surface area contributed by atoms with Crippen molar-refractivity contribution < 1.29 is 13.2 Å². The molecule has 2 N–H and O–H groups in total. The van der Waals surface area contributed by atoms with Crippen molar-refractivity contribution in [1.29, 1.82) is 0 Å². The maximum Gasteiger partial charge on any atom is 0.416 e. The maximum absolute atomic E-state index is 12.9. The number of benzene rings is 1. The van der Waals surface area contributed by atoms with Gasteiger partial charge in [0.25, 0.3) is 0 Å². The largest absolute Gasteiger partial charge is 0.416 e. The summed E-state index contributed by atoms with van der Waals surface area (Å²) < 4.78 is 40.5. The molecule has 0 saturated heterocycles. The molecular weight excluding hydrogens is 472 g/mol. The Morgan fingerprint density at radius 2 is 2.00 bits per heavy atom. The van der Waals surface area contributed by atoms with E-state index in [1.807, 2.05) is 25.5 Å². The van der Waals surface area contributed by atoms with Crippen LogP contribution < -0.4 is 10.6 Å². The molecule has 0 aliphatic carbocycles. The molecule has 0 aliphatic rings. The first kappa shape index (κ1) is 23.2. The van der Waals surface area contributed by atoms with Crippen molar-refractivity contribution in [2.75, 3.05) is 6.54 Å². The average molecular weight is 496 g/mol. The van der Waals surface area contributed by atoms with Gasteiger partial charge < -0.3 is 15.2 Å². The normalized spacial score (nSPS) is 13.1. The summed E-state index contributed by atoms with van der Waals surface area (Å²) in [6.45, 7) is 6.48. The van der Waals surface area contributed by atoms with E-state index < -0.39 is 11.7 Å². The Bertz CT molecular complexity index is 772. The minimum Gasteiger partial charge on any atom is -0.357 e. The van der Waals surface area contributed by atoms with Crippen LogP contribution in [0.25, 0.3) is 0 Å². The first-order chi connectivity index (χ1) is 12.2. The fourth-order valence-electron chi connectivity index (χ4n) is 2.33. The lowest BCUT2D eigenvalue weighted by Crippen LogP contribution is -2.38. The monoisotopic (exact) mass is 496 g/mol. The molecule has 1 unspecified atom stereocenters. The number of halogens is 4. The van der Waals surface area contributed by atoms with Gasteiger partial charge in [0.15, 0.2) is 11.8 Å². The fourth-order valence-corrected chi connectivity index (χ4v) is 2.33. The molecule has 1 atom stereocenters. The molecule has 0 bridgehead atoms. The lowest BCUT2D eigenvalue weighted by molar-refractivity contribution is -0.137. The zero-order chi connectivity index (χ0) is 19.3. The molecule has 27 heavy (non-hydrogen) atoms. The van der Waals surface area contributed by atoms with E-state index in [0.717, 1.165) is 18.0 Å². The van der Waals surface area contributed by atoms with Gasteiger partial charge in [0.1, 0.15) is 12.4 Å². The Morgan fingerprint density at radius 1 is 1.30 bits per heavy atom. The smallest absolute Gasteiger partial charge is 0.357 e. The van der Waals surface area contributed by atoms with Gasteiger partial charge in [0.2, 0.25) is 0 Å². The summed E-state index contributed by atoms with van der Waals surface area (Å²) in [7, 11) is 1.85. The molecule has 0 radical (unpaired) electrons. The third kappa shape index (κ3) is 6.36. The summed E-state index contributed by atoms with van der Waals surface area (Å²) in [6.07, 6.45) is -4.36. The lowest BCUT2D eigenvalue weighted by atomic mass is 10.1. The number of aryl methyl sites for hydroxylation is 1. The highest BCUT2D eigenvalue weighted by atomic mass is 127. The van der Waals surface area contributed by atoms with Crippen molar-refractivity contribution in [2.45, 2.75) is 39.5 Å². The van der Waals surface area contributed by atoms with E-state index in [4.69, 9.17) is 0 Å². The zero-order valence-electron chi connectivity index (χ0n) is 15.6. The molecule has 0 fully saturated rings. The van der Waals surface area contributed by atoms with Crippen LogP contribution in [0.3, 0.4) is 0 Å². The van der Waals surface area contributed by atoms with E-state index in [9.17, 15) is 13.2 Å². The predicted molar refractivity (Wildman–Crippen MR) is 109 cm³/mol. The van der Waals surface area contributed by atoms with E-state index >= 15 is 0 Å². The highest BCUT2D eigenvalue weighted by Gasteiger charge is 2.30. The third-order valence-corrected chi connectivity index (χ3v) is 3.97. The molecule has 0 aliphatic heterocycles. The summed E-state index contributed by atoms with van der Waals surface area (Å²) in [4.78, 5) is 4.44. The molecular formula is C17H24F3IN6. The quantitative estimate of drug-likeness (QED) is 0.378. The molecule has 150 valence electrons. The van der Waals surface area contributed by atoms with Crippen LogP contribution in [-0.4, -0.2) is 27.3 Å². The Balaban J connectivity index is 0.00000364. The summed E-state index contributed by atoms with van der Waals surface area (Å²) >= 11 is 0. The average Bonchev–Trinajstić information content (AvgIpc) is 2.91. The number of nitrogens with zero attached hydrogens (tertiary/aromatic N) is 4. The van der Waals surface area contributed by atoms with Gasteiger partial charge in [0, 0.05) is 13.6 Å². The van der Waals surface area contributed by atoms with E-state index in [2.05, 4.69) is 25.8 Å². The molecule has 10 heteroatoms. The van der Waals surface area contributed by atoms with E-state index in [1.54, 1.807) is 13.0 Å². The fraction of sp³-hybridized carbons (Fsp3) is 0.471. The van der Waals surface area contributed by atoms with Gasteiger partial charge in [-0.15, -0.1) is 34.2 Å². The summed E-state index contributed by atoms with van der Waals surface area (Å²) in [5.74, 6) is 1.98. The molecule has 0 amide bonds. The zero-order valence-corrected chi connectivity index (χ0v) is 18.0. The van der Waals surface area contributed by atoms with Gasteiger partial charge >= 0.3 is 6.18 Å². The number of aromatic nitrogens is 3.